The Morgan fingerprint density at radius 3 is 2.03 bits per heavy atom. The Balaban J connectivity index is 2.82. The molecule has 34 heavy (non-hydrogen) atoms. The molecule has 0 bridgehead atoms. The zero-order chi connectivity index (χ0) is 25.8. The minimum absolute atomic E-state index is 0.0219. The summed E-state index contributed by atoms with van der Waals surface area (Å²) in [5.74, 6) is -5.22. The molecule has 1 rings (SSSR count). The Hall–Kier alpha value is -3.16. The lowest BCUT2D eigenvalue weighted by Crippen LogP contribution is -2.60. The second-order valence-corrected chi connectivity index (χ2v) is 7.96. The molecule has 0 aliphatic rings. The fraction of sp³-hybridized carbons (Fsp3) is 0.476. The van der Waals surface area contributed by atoms with Crippen LogP contribution in [0.1, 0.15) is 25.3 Å². The first-order valence-electron chi connectivity index (χ1n) is 10.4. The lowest BCUT2D eigenvalue weighted by Gasteiger charge is -2.26. The maximum atomic E-state index is 12.7. The van der Waals surface area contributed by atoms with Gasteiger partial charge in [-0.2, -0.15) is 12.6 Å². The van der Waals surface area contributed by atoms with Crippen molar-refractivity contribution in [2.45, 2.75) is 56.5 Å². The molecule has 0 heterocycles. The Bertz CT molecular complexity index is 868. The second kappa shape index (κ2) is 14.2. The highest BCUT2D eigenvalue weighted by Gasteiger charge is 2.32. The SMILES string of the molecule is CC(O)C(NC(=O)C(CS)NC(=O)C(N)CCC(=O)O)C(=O)NC(Cc1ccccc1)C(=O)O. The standard InChI is InChI=1S/C21H30N4O8S/c1-11(26)17(20(31)23-14(21(32)33)9-12-5-3-2-4-6-12)25-19(30)15(10-34)24-18(29)13(22)7-8-16(27)28/h2-6,11,13-15,17,26,34H,7-10,22H2,1H3,(H,23,31)(H,24,29)(H,25,30)(H,27,28)(H,32,33). The highest BCUT2D eigenvalue weighted by Crippen LogP contribution is 2.05. The number of amides is 3. The van der Waals surface area contributed by atoms with E-state index in [1.165, 1.54) is 6.92 Å². The molecule has 0 aliphatic heterocycles. The van der Waals surface area contributed by atoms with Gasteiger partial charge in [0.2, 0.25) is 17.7 Å². The average Bonchev–Trinajstić information content (AvgIpc) is 2.78. The molecule has 188 valence electrons. The molecule has 3 amide bonds. The zero-order valence-electron chi connectivity index (χ0n) is 18.5. The normalized spacial score (nSPS) is 15.2. The summed E-state index contributed by atoms with van der Waals surface area (Å²) in [4.78, 5) is 59.7. The third-order valence-corrected chi connectivity index (χ3v) is 5.15. The molecule has 0 fully saturated rings. The number of aliphatic hydroxyl groups excluding tert-OH is 1. The number of aliphatic hydroxyl groups is 1. The van der Waals surface area contributed by atoms with Crippen molar-refractivity contribution in [1.29, 1.82) is 0 Å². The maximum absolute atomic E-state index is 12.7. The number of carbonyl (C=O) groups is 5. The van der Waals surface area contributed by atoms with E-state index in [9.17, 15) is 34.2 Å². The molecule has 12 nitrogen and oxygen atoms in total. The van der Waals surface area contributed by atoms with Gasteiger partial charge < -0.3 is 37.0 Å². The number of hydrogen-bond acceptors (Lipinski definition) is 8. The van der Waals surface area contributed by atoms with Crippen molar-refractivity contribution >= 4 is 42.3 Å². The summed E-state index contributed by atoms with van der Waals surface area (Å²) in [6.07, 6.45) is -1.92. The minimum atomic E-state index is -1.52. The van der Waals surface area contributed by atoms with E-state index in [2.05, 4.69) is 28.6 Å². The van der Waals surface area contributed by atoms with Gasteiger partial charge in [0.15, 0.2) is 0 Å². The van der Waals surface area contributed by atoms with Crippen LogP contribution in [-0.4, -0.2) is 81.0 Å². The van der Waals surface area contributed by atoms with Gasteiger partial charge in [-0.25, -0.2) is 4.79 Å². The van der Waals surface area contributed by atoms with Gasteiger partial charge in [-0.15, -0.1) is 0 Å². The molecule has 0 spiro atoms. The fourth-order valence-corrected chi connectivity index (χ4v) is 3.11. The first-order chi connectivity index (χ1) is 16.0. The van der Waals surface area contributed by atoms with Gasteiger partial charge in [-0.05, 0) is 18.9 Å². The summed E-state index contributed by atoms with van der Waals surface area (Å²) in [7, 11) is 0. The highest BCUT2D eigenvalue weighted by atomic mass is 32.1. The monoisotopic (exact) mass is 498 g/mol. The van der Waals surface area contributed by atoms with Gasteiger partial charge in [0, 0.05) is 18.6 Å². The van der Waals surface area contributed by atoms with E-state index in [4.69, 9.17) is 10.8 Å². The molecule has 13 heteroatoms. The number of rotatable bonds is 14. The van der Waals surface area contributed by atoms with Crippen LogP contribution >= 0.6 is 12.6 Å². The number of benzene rings is 1. The number of carboxylic acids is 2. The van der Waals surface area contributed by atoms with Crippen LogP contribution in [0, 0.1) is 0 Å². The topological polar surface area (TPSA) is 208 Å². The molecule has 1 aromatic carbocycles. The maximum Gasteiger partial charge on any atom is 0.326 e. The molecule has 5 unspecified atom stereocenters. The largest absolute Gasteiger partial charge is 0.481 e. The lowest BCUT2D eigenvalue weighted by molar-refractivity contribution is -0.143. The van der Waals surface area contributed by atoms with E-state index < -0.39 is 59.9 Å². The summed E-state index contributed by atoms with van der Waals surface area (Å²) in [5.41, 5.74) is 6.28. The predicted molar refractivity (Wildman–Crippen MR) is 124 cm³/mol. The Labute approximate surface area is 201 Å². The molecule has 0 aromatic heterocycles. The third kappa shape index (κ3) is 9.77. The van der Waals surface area contributed by atoms with Crippen molar-refractivity contribution in [1.82, 2.24) is 16.0 Å². The van der Waals surface area contributed by atoms with Crippen molar-refractivity contribution in [3.8, 4) is 0 Å². The van der Waals surface area contributed by atoms with Crippen LogP contribution in [0.5, 0.6) is 0 Å². The summed E-state index contributed by atoms with van der Waals surface area (Å²) in [5, 5.41) is 35.1. The quantitative estimate of drug-likeness (QED) is 0.137. The predicted octanol–water partition coefficient (Wildman–Crippen LogP) is -1.73. The van der Waals surface area contributed by atoms with Crippen LogP contribution in [0.25, 0.3) is 0 Å². The molecule has 8 N–H and O–H groups in total. The third-order valence-electron chi connectivity index (χ3n) is 4.78. The smallest absolute Gasteiger partial charge is 0.326 e. The summed E-state index contributed by atoms with van der Waals surface area (Å²) < 4.78 is 0. The number of nitrogens with two attached hydrogens (primary N) is 1. The number of carbonyl (C=O) groups excluding carboxylic acids is 3. The molecule has 0 saturated heterocycles. The van der Waals surface area contributed by atoms with E-state index in [1.54, 1.807) is 30.3 Å². The first-order valence-corrected chi connectivity index (χ1v) is 11.0. The summed E-state index contributed by atoms with van der Waals surface area (Å²) in [6.45, 7) is 1.23. The number of carboxylic acid groups (broad SMARTS) is 2. The average molecular weight is 499 g/mol. The van der Waals surface area contributed by atoms with Crippen LogP contribution in [0.15, 0.2) is 30.3 Å². The summed E-state index contributed by atoms with van der Waals surface area (Å²) in [6, 6.07) is 3.30. The van der Waals surface area contributed by atoms with Gasteiger partial charge >= 0.3 is 11.9 Å². The second-order valence-electron chi connectivity index (χ2n) is 7.60. The molecular weight excluding hydrogens is 468 g/mol. The van der Waals surface area contributed by atoms with E-state index in [0.29, 0.717) is 5.56 Å². The van der Waals surface area contributed by atoms with Crippen molar-refractivity contribution in [2.75, 3.05) is 5.75 Å². The van der Waals surface area contributed by atoms with Crippen LogP contribution in [0.3, 0.4) is 0 Å². The molecule has 0 saturated carbocycles. The van der Waals surface area contributed by atoms with Crippen LogP contribution in [0.2, 0.25) is 0 Å². The van der Waals surface area contributed by atoms with Gasteiger partial charge in [-0.3, -0.25) is 19.2 Å². The van der Waals surface area contributed by atoms with Gasteiger partial charge in [0.1, 0.15) is 18.1 Å². The minimum Gasteiger partial charge on any atom is -0.481 e. The van der Waals surface area contributed by atoms with Crippen LogP contribution in [0.4, 0.5) is 0 Å². The highest BCUT2D eigenvalue weighted by molar-refractivity contribution is 7.80. The Morgan fingerprint density at radius 2 is 1.53 bits per heavy atom. The molecule has 0 aliphatic carbocycles. The number of thiol groups is 1. The van der Waals surface area contributed by atoms with Crippen molar-refractivity contribution in [3.05, 3.63) is 35.9 Å². The zero-order valence-corrected chi connectivity index (χ0v) is 19.4. The lowest BCUT2D eigenvalue weighted by atomic mass is 10.0. The van der Waals surface area contributed by atoms with Crippen LogP contribution < -0.4 is 21.7 Å². The first kappa shape index (κ1) is 28.9. The number of nitrogens with one attached hydrogen (secondary N) is 3. The molecule has 0 radical (unpaired) electrons. The van der Waals surface area contributed by atoms with E-state index >= 15 is 0 Å². The molecule has 1 aromatic rings. The van der Waals surface area contributed by atoms with Crippen molar-refractivity contribution in [3.63, 3.8) is 0 Å². The van der Waals surface area contributed by atoms with Crippen molar-refractivity contribution < 1.29 is 39.3 Å². The Kier molecular flexibility index (Phi) is 12.0. The number of hydrogen-bond donors (Lipinski definition) is 8. The van der Waals surface area contributed by atoms with E-state index in [0.717, 1.165) is 0 Å². The van der Waals surface area contributed by atoms with E-state index in [1.807, 2.05) is 0 Å². The van der Waals surface area contributed by atoms with Gasteiger partial charge in [0.05, 0.1) is 12.1 Å². The molecular formula is C21H30N4O8S. The molecule has 5 atom stereocenters. The fourth-order valence-electron chi connectivity index (χ4n) is 2.85. The van der Waals surface area contributed by atoms with E-state index in [-0.39, 0.29) is 25.0 Å². The van der Waals surface area contributed by atoms with Gasteiger partial charge in [0.25, 0.3) is 0 Å². The Morgan fingerprint density at radius 1 is 0.941 bits per heavy atom. The van der Waals surface area contributed by atoms with Gasteiger partial charge in [-0.1, -0.05) is 30.3 Å². The van der Waals surface area contributed by atoms with Crippen LogP contribution in [-0.2, 0) is 30.4 Å². The van der Waals surface area contributed by atoms with Crippen molar-refractivity contribution in [2.24, 2.45) is 5.73 Å². The summed E-state index contributed by atoms with van der Waals surface area (Å²) >= 11 is 4.00. The number of aliphatic carboxylic acids is 2.